The number of thiocarbonyl (C=S) groups is 1. The fraction of sp³-hybridized carbons (Fsp3) is 0.381. The number of aryl methyl sites for hydroxylation is 2. The van der Waals surface area contributed by atoms with Crippen molar-refractivity contribution in [1.82, 2.24) is 9.80 Å². The van der Waals surface area contributed by atoms with Crippen LogP contribution in [0.3, 0.4) is 0 Å². The maximum Gasteiger partial charge on any atom is 0.173 e. The maximum absolute atomic E-state index is 5.60. The van der Waals surface area contributed by atoms with Crippen LogP contribution in [0.15, 0.2) is 48.5 Å². The van der Waals surface area contributed by atoms with Gasteiger partial charge in [-0.1, -0.05) is 48.9 Å². The Hall–Kier alpha value is -1.91. The van der Waals surface area contributed by atoms with Gasteiger partial charge in [0.15, 0.2) is 5.11 Å². The molecule has 1 aliphatic rings. The zero-order valence-electron chi connectivity index (χ0n) is 15.2. The number of nitrogens with zero attached hydrogens (tertiary/aromatic N) is 2. The second-order valence-electron chi connectivity index (χ2n) is 6.73. The molecule has 0 spiro atoms. The van der Waals surface area contributed by atoms with Crippen LogP contribution in [0.2, 0.25) is 0 Å². The molecular weight excluding hydrogens is 326 g/mol. The van der Waals surface area contributed by atoms with E-state index < -0.39 is 0 Å². The molecule has 3 rings (SSSR count). The van der Waals surface area contributed by atoms with Gasteiger partial charge in [0, 0.05) is 38.4 Å². The predicted octanol–water partition coefficient (Wildman–Crippen LogP) is 4.07. The highest BCUT2D eigenvalue weighted by atomic mass is 32.1. The lowest BCUT2D eigenvalue weighted by Crippen LogP contribution is -2.49. The summed E-state index contributed by atoms with van der Waals surface area (Å²) in [5.74, 6) is 0. The Bertz CT molecular complexity index is 686. The van der Waals surface area contributed by atoms with E-state index in [0.717, 1.165) is 49.9 Å². The third-order valence-corrected chi connectivity index (χ3v) is 5.16. The second kappa shape index (κ2) is 8.45. The van der Waals surface area contributed by atoms with E-state index in [1.807, 2.05) is 0 Å². The van der Waals surface area contributed by atoms with Crippen molar-refractivity contribution in [2.75, 3.05) is 31.5 Å². The molecule has 1 fully saturated rings. The van der Waals surface area contributed by atoms with Crippen molar-refractivity contribution in [1.29, 1.82) is 0 Å². The van der Waals surface area contributed by atoms with Gasteiger partial charge in [-0.25, -0.2) is 0 Å². The van der Waals surface area contributed by atoms with Gasteiger partial charge in [0.05, 0.1) is 0 Å². The molecule has 3 nitrogen and oxygen atoms in total. The van der Waals surface area contributed by atoms with Crippen LogP contribution in [0.4, 0.5) is 5.69 Å². The Morgan fingerprint density at radius 3 is 2.12 bits per heavy atom. The van der Waals surface area contributed by atoms with Gasteiger partial charge in [-0.3, -0.25) is 4.90 Å². The highest BCUT2D eigenvalue weighted by Crippen LogP contribution is 2.13. The van der Waals surface area contributed by atoms with Crippen molar-refractivity contribution in [3.63, 3.8) is 0 Å². The average molecular weight is 354 g/mol. The average Bonchev–Trinajstić information content (AvgIpc) is 2.65. The third-order valence-electron chi connectivity index (χ3n) is 4.80. The van der Waals surface area contributed by atoms with E-state index in [-0.39, 0.29) is 0 Å². The SMILES string of the molecule is CCc1ccc(NC(=S)N2CCN(Cc3ccc(C)cc3)CC2)cc1. The molecule has 0 atom stereocenters. The summed E-state index contributed by atoms with van der Waals surface area (Å²) in [6, 6.07) is 17.4. The van der Waals surface area contributed by atoms with Gasteiger partial charge >= 0.3 is 0 Å². The van der Waals surface area contributed by atoms with Gasteiger partial charge in [-0.05, 0) is 48.8 Å². The summed E-state index contributed by atoms with van der Waals surface area (Å²) in [6.45, 7) is 9.37. The molecule has 0 bridgehead atoms. The third kappa shape index (κ3) is 5.03. The summed E-state index contributed by atoms with van der Waals surface area (Å²) in [4.78, 5) is 4.77. The number of rotatable bonds is 4. The Balaban J connectivity index is 1.47. The lowest BCUT2D eigenvalue weighted by molar-refractivity contribution is 0.177. The summed E-state index contributed by atoms with van der Waals surface area (Å²) in [5, 5.41) is 4.21. The second-order valence-corrected chi connectivity index (χ2v) is 7.12. The Morgan fingerprint density at radius 1 is 0.920 bits per heavy atom. The molecule has 0 saturated carbocycles. The van der Waals surface area contributed by atoms with Crippen LogP contribution in [0.1, 0.15) is 23.6 Å². The number of hydrogen-bond donors (Lipinski definition) is 1. The minimum absolute atomic E-state index is 0.833. The van der Waals surface area contributed by atoms with Crippen molar-refractivity contribution in [3.05, 3.63) is 65.2 Å². The van der Waals surface area contributed by atoms with Crippen molar-refractivity contribution in [2.45, 2.75) is 26.8 Å². The molecule has 1 N–H and O–H groups in total. The number of benzene rings is 2. The molecule has 0 aromatic heterocycles. The summed E-state index contributed by atoms with van der Waals surface area (Å²) >= 11 is 5.60. The van der Waals surface area contributed by atoms with E-state index in [4.69, 9.17) is 12.2 Å². The van der Waals surface area contributed by atoms with Crippen LogP contribution in [-0.2, 0) is 13.0 Å². The zero-order chi connectivity index (χ0) is 17.6. The number of nitrogens with one attached hydrogen (secondary N) is 1. The quantitative estimate of drug-likeness (QED) is 0.835. The Morgan fingerprint density at radius 2 is 1.52 bits per heavy atom. The summed E-state index contributed by atoms with van der Waals surface area (Å²) < 4.78 is 0. The van der Waals surface area contributed by atoms with Gasteiger partial charge in [-0.2, -0.15) is 0 Å². The zero-order valence-corrected chi connectivity index (χ0v) is 16.0. The normalized spacial score (nSPS) is 15.2. The fourth-order valence-corrected chi connectivity index (χ4v) is 3.39. The highest BCUT2D eigenvalue weighted by molar-refractivity contribution is 7.80. The van der Waals surface area contributed by atoms with E-state index in [9.17, 15) is 0 Å². The van der Waals surface area contributed by atoms with Crippen molar-refractivity contribution >= 4 is 23.0 Å². The topological polar surface area (TPSA) is 18.5 Å². The van der Waals surface area contributed by atoms with Crippen LogP contribution in [0.5, 0.6) is 0 Å². The van der Waals surface area contributed by atoms with Crippen molar-refractivity contribution in [3.8, 4) is 0 Å². The molecule has 0 amide bonds. The summed E-state index contributed by atoms with van der Waals surface area (Å²) in [7, 11) is 0. The Labute approximate surface area is 156 Å². The first-order valence-electron chi connectivity index (χ1n) is 9.07. The number of hydrogen-bond acceptors (Lipinski definition) is 2. The molecule has 1 heterocycles. The summed E-state index contributed by atoms with van der Waals surface area (Å²) in [5.41, 5.74) is 5.12. The standard InChI is InChI=1S/C21H27N3S/c1-3-18-8-10-20(11-9-18)22-21(25)24-14-12-23(13-15-24)16-19-6-4-17(2)5-7-19/h4-11H,3,12-16H2,1-2H3,(H,22,25). The minimum Gasteiger partial charge on any atom is -0.346 e. The first-order valence-corrected chi connectivity index (χ1v) is 9.47. The molecule has 2 aromatic rings. The molecule has 4 heteroatoms. The molecule has 0 radical (unpaired) electrons. The van der Waals surface area contributed by atoms with E-state index in [1.165, 1.54) is 16.7 Å². The van der Waals surface area contributed by atoms with Crippen LogP contribution >= 0.6 is 12.2 Å². The van der Waals surface area contributed by atoms with Gasteiger partial charge in [0.25, 0.3) is 0 Å². The van der Waals surface area contributed by atoms with Crippen molar-refractivity contribution < 1.29 is 0 Å². The molecular formula is C21H27N3S. The van der Waals surface area contributed by atoms with Gasteiger partial charge in [0.1, 0.15) is 0 Å². The molecule has 0 aliphatic carbocycles. The monoisotopic (exact) mass is 353 g/mol. The van der Waals surface area contributed by atoms with E-state index in [1.54, 1.807) is 0 Å². The predicted molar refractivity (Wildman–Crippen MR) is 110 cm³/mol. The van der Waals surface area contributed by atoms with Crippen LogP contribution in [0, 0.1) is 6.92 Å². The highest BCUT2D eigenvalue weighted by Gasteiger charge is 2.19. The molecule has 0 unspecified atom stereocenters. The van der Waals surface area contributed by atoms with Crippen LogP contribution < -0.4 is 5.32 Å². The lowest BCUT2D eigenvalue weighted by Gasteiger charge is -2.36. The van der Waals surface area contributed by atoms with Gasteiger partial charge < -0.3 is 10.2 Å². The molecule has 2 aromatic carbocycles. The summed E-state index contributed by atoms with van der Waals surface area (Å²) in [6.07, 6.45) is 1.06. The maximum atomic E-state index is 5.60. The first kappa shape index (κ1) is 17.9. The van der Waals surface area contributed by atoms with Crippen LogP contribution in [0.25, 0.3) is 0 Å². The van der Waals surface area contributed by atoms with E-state index >= 15 is 0 Å². The van der Waals surface area contributed by atoms with Crippen molar-refractivity contribution in [2.24, 2.45) is 0 Å². The minimum atomic E-state index is 0.833. The lowest BCUT2D eigenvalue weighted by atomic mass is 10.1. The van der Waals surface area contributed by atoms with Gasteiger partial charge in [0.2, 0.25) is 0 Å². The molecule has 1 saturated heterocycles. The first-order chi connectivity index (χ1) is 12.1. The molecule has 25 heavy (non-hydrogen) atoms. The van der Waals surface area contributed by atoms with Gasteiger partial charge in [-0.15, -0.1) is 0 Å². The fourth-order valence-electron chi connectivity index (χ4n) is 3.09. The van der Waals surface area contributed by atoms with E-state index in [0.29, 0.717) is 0 Å². The number of piperazine rings is 1. The number of anilines is 1. The van der Waals surface area contributed by atoms with Crippen LogP contribution in [-0.4, -0.2) is 41.1 Å². The molecule has 1 aliphatic heterocycles. The van der Waals surface area contributed by atoms with E-state index in [2.05, 4.69) is 77.5 Å². The largest absolute Gasteiger partial charge is 0.346 e. The Kier molecular flexibility index (Phi) is 6.05. The molecule has 132 valence electrons. The smallest absolute Gasteiger partial charge is 0.173 e.